The number of rotatable bonds is 2. The van der Waals surface area contributed by atoms with Crippen molar-refractivity contribution in [3.05, 3.63) is 67.5 Å². The second-order valence-electron chi connectivity index (χ2n) is 3.91. The molecule has 0 aliphatic rings. The van der Waals surface area contributed by atoms with Gasteiger partial charge in [-0.25, -0.2) is 4.39 Å². The Kier molecular flexibility index (Phi) is 4.02. The van der Waals surface area contributed by atoms with E-state index in [-0.39, 0.29) is 5.78 Å². The molecule has 0 spiro atoms. The summed E-state index contributed by atoms with van der Waals surface area (Å²) in [5.74, 6) is -0.625. The molecule has 2 rings (SSSR count). The van der Waals surface area contributed by atoms with Gasteiger partial charge in [-0.3, -0.25) is 4.79 Å². The Morgan fingerprint density at radius 2 is 1.89 bits per heavy atom. The average molecular weight is 375 g/mol. The summed E-state index contributed by atoms with van der Waals surface area (Å²) >= 11 is 7.96. The quantitative estimate of drug-likeness (QED) is 0.554. The van der Waals surface area contributed by atoms with Gasteiger partial charge in [0.2, 0.25) is 0 Å². The van der Waals surface area contributed by atoms with E-state index >= 15 is 0 Å². The molecule has 2 aromatic rings. The molecule has 0 fully saturated rings. The van der Waals surface area contributed by atoms with E-state index in [2.05, 4.69) is 22.6 Å². The molecule has 0 aliphatic heterocycles. The lowest BCUT2D eigenvalue weighted by Gasteiger charge is -2.07. The topological polar surface area (TPSA) is 17.1 Å². The van der Waals surface area contributed by atoms with Gasteiger partial charge >= 0.3 is 0 Å². The summed E-state index contributed by atoms with van der Waals surface area (Å²) in [6, 6.07) is 9.29. The predicted octanol–water partition coefficient (Wildman–Crippen LogP) is 4.62. The highest BCUT2D eigenvalue weighted by Crippen LogP contribution is 2.22. The number of carbonyl (C=O) groups is 1. The van der Waals surface area contributed by atoms with Crippen molar-refractivity contribution in [2.24, 2.45) is 0 Å². The van der Waals surface area contributed by atoms with E-state index in [9.17, 15) is 9.18 Å². The van der Waals surface area contributed by atoms with Crippen LogP contribution in [-0.4, -0.2) is 5.78 Å². The molecule has 0 N–H and O–H groups in total. The maximum Gasteiger partial charge on any atom is 0.194 e. The van der Waals surface area contributed by atoms with Crippen molar-refractivity contribution in [1.29, 1.82) is 0 Å². The van der Waals surface area contributed by atoms with Crippen molar-refractivity contribution in [2.45, 2.75) is 6.92 Å². The van der Waals surface area contributed by atoms with Gasteiger partial charge in [-0.05, 0) is 65.4 Å². The predicted molar refractivity (Wildman–Crippen MR) is 78.7 cm³/mol. The van der Waals surface area contributed by atoms with Gasteiger partial charge in [-0.1, -0.05) is 17.7 Å². The first-order valence-corrected chi connectivity index (χ1v) is 6.70. The van der Waals surface area contributed by atoms with Crippen LogP contribution in [0.15, 0.2) is 36.4 Å². The number of ketones is 1. The molecule has 0 aromatic heterocycles. The van der Waals surface area contributed by atoms with Crippen molar-refractivity contribution in [3.8, 4) is 0 Å². The summed E-state index contributed by atoms with van der Waals surface area (Å²) in [4.78, 5) is 12.4. The van der Waals surface area contributed by atoms with Gasteiger partial charge < -0.3 is 0 Å². The zero-order valence-electron chi connectivity index (χ0n) is 9.51. The Balaban J connectivity index is 2.54. The van der Waals surface area contributed by atoms with Gasteiger partial charge in [-0.15, -0.1) is 0 Å². The van der Waals surface area contributed by atoms with E-state index < -0.39 is 5.82 Å². The Morgan fingerprint density at radius 1 is 1.17 bits per heavy atom. The molecule has 0 saturated heterocycles. The number of carbonyl (C=O) groups excluding carboxylic acids is 1. The van der Waals surface area contributed by atoms with Crippen LogP contribution in [0.4, 0.5) is 4.39 Å². The highest BCUT2D eigenvalue weighted by molar-refractivity contribution is 14.1. The standard InChI is InChI=1S/C14H9ClFIO/c1-8-2-4-10(16)7-11(8)14(18)12-6-9(15)3-5-13(12)17/h2-7H,1H3. The monoisotopic (exact) mass is 374 g/mol. The third-order valence-corrected chi connectivity index (χ3v) is 3.79. The van der Waals surface area contributed by atoms with Gasteiger partial charge in [0.05, 0.1) is 0 Å². The number of benzene rings is 2. The molecule has 92 valence electrons. The maximum absolute atomic E-state index is 13.2. The summed E-state index contributed by atoms with van der Waals surface area (Å²) < 4.78 is 14.0. The molecule has 0 aliphatic carbocycles. The summed E-state index contributed by atoms with van der Waals surface area (Å²) in [6.45, 7) is 1.78. The van der Waals surface area contributed by atoms with Crippen molar-refractivity contribution in [3.63, 3.8) is 0 Å². The molecule has 0 unspecified atom stereocenters. The van der Waals surface area contributed by atoms with E-state index in [0.717, 1.165) is 9.13 Å². The molecular formula is C14H9ClFIO. The van der Waals surface area contributed by atoms with Crippen LogP contribution in [0.3, 0.4) is 0 Å². The molecule has 1 nitrogen and oxygen atoms in total. The third-order valence-electron chi connectivity index (χ3n) is 2.62. The fourth-order valence-electron chi connectivity index (χ4n) is 1.66. The molecule has 0 saturated carbocycles. The average Bonchev–Trinajstić information content (AvgIpc) is 2.34. The zero-order chi connectivity index (χ0) is 13.3. The Morgan fingerprint density at radius 3 is 2.61 bits per heavy atom. The molecule has 0 heterocycles. The van der Waals surface area contributed by atoms with Crippen molar-refractivity contribution in [1.82, 2.24) is 0 Å². The van der Waals surface area contributed by atoms with Crippen LogP contribution in [-0.2, 0) is 0 Å². The fourth-order valence-corrected chi connectivity index (χ4v) is 2.41. The lowest BCUT2D eigenvalue weighted by atomic mass is 9.99. The van der Waals surface area contributed by atoms with E-state index in [4.69, 9.17) is 11.6 Å². The van der Waals surface area contributed by atoms with Gasteiger partial charge in [0.25, 0.3) is 0 Å². The highest BCUT2D eigenvalue weighted by atomic mass is 127. The van der Waals surface area contributed by atoms with Crippen molar-refractivity contribution < 1.29 is 9.18 Å². The number of aryl methyl sites for hydroxylation is 1. The van der Waals surface area contributed by atoms with Crippen LogP contribution in [0.1, 0.15) is 21.5 Å². The smallest absolute Gasteiger partial charge is 0.194 e. The minimum atomic E-state index is -0.416. The summed E-state index contributed by atoms with van der Waals surface area (Å²) in [7, 11) is 0. The SMILES string of the molecule is Cc1ccc(F)cc1C(=O)c1cc(Cl)ccc1I. The first-order chi connectivity index (χ1) is 8.49. The number of halogens is 3. The first-order valence-electron chi connectivity index (χ1n) is 5.25. The first kappa shape index (κ1) is 13.5. The second kappa shape index (κ2) is 5.36. The van der Waals surface area contributed by atoms with Gasteiger partial charge in [0, 0.05) is 19.7 Å². The summed E-state index contributed by atoms with van der Waals surface area (Å²) in [5, 5.41) is 0.493. The molecular weight excluding hydrogens is 366 g/mol. The van der Waals surface area contributed by atoms with Crippen LogP contribution in [0.25, 0.3) is 0 Å². The van der Waals surface area contributed by atoms with Crippen molar-refractivity contribution in [2.75, 3.05) is 0 Å². The molecule has 18 heavy (non-hydrogen) atoms. The van der Waals surface area contributed by atoms with E-state index in [1.807, 2.05) is 0 Å². The largest absolute Gasteiger partial charge is 0.289 e. The highest BCUT2D eigenvalue weighted by Gasteiger charge is 2.15. The molecule has 0 bridgehead atoms. The van der Waals surface area contributed by atoms with Crippen LogP contribution in [0.2, 0.25) is 5.02 Å². The fraction of sp³-hybridized carbons (Fsp3) is 0.0714. The Hall–Kier alpha value is -0.940. The minimum absolute atomic E-state index is 0.209. The second-order valence-corrected chi connectivity index (χ2v) is 5.51. The van der Waals surface area contributed by atoms with Crippen molar-refractivity contribution >= 4 is 40.0 Å². The summed E-state index contributed by atoms with van der Waals surface area (Å²) in [6.07, 6.45) is 0. The van der Waals surface area contributed by atoms with E-state index in [1.165, 1.54) is 12.1 Å². The van der Waals surface area contributed by atoms with Crippen LogP contribution >= 0.6 is 34.2 Å². The molecule has 0 amide bonds. The zero-order valence-corrected chi connectivity index (χ0v) is 12.4. The lowest BCUT2D eigenvalue weighted by molar-refractivity contribution is 0.103. The molecule has 0 atom stereocenters. The van der Waals surface area contributed by atoms with Crippen LogP contribution in [0.5, 0.6) is 0 Å². The normalized spacial score (nSPS) is 10.4. The third kappa shape index (κ3) is 2.72. The van der Waals surface area contributed by atoms with Gasteiger partial charge in [0.1, 0.15) is 5.82 Å². The minimum Gasteiger partial charge on any atom is -0.289 e. The maximum atomic E-state index is 13.2. The number of hydrogen-bond acceptors (Lipinski definition) is 1. The van der Waals surface area contributed by atoms with E-state index in [0.29, 0.717) is 16.1 Å². The Bertz CT molecular complexity index is 572. The van der Waals surface area contributed by atoms with Crippen LogP contribution < -0.4 is 0 Å². The molecule has 2 aromatic carbocycles. The molecule has 4 heteroatoms. The molecule has 0 radical (unpaired) electrons. The van der Waals surface area contributed by atoms with Gasteiger partial charge in [-0.2, -0.15) is 0 Å². The Labute approximate surface area is 123 Å². The lowest BCUT2D eigenvalue weighted by Crippen LogP contribution is -2.06. The van der Waals surface area contributed by atoms with Gasteiger partial charge in [0.15, 0.2) is 5.78 Å². The number of hydrogen-bond donors (Lipinski definition) is 0. The summed E-state index contributed by atoms with van der Waals surface area (Å²) in [5.41, 5.74) is 1.61. The van der Waals surface area contributed by atoms with E-state index in [1.54, 1.807) is 31.2 Å². The van der Waals surface area contributed by atoms with Crippen LogP contribution in [0, 0.1) is 16.3 Å².